The van der Waals surface area contributed by atoms with Crippen LogP contribution in [0.5, 0.6) is 0 Å². The highest BCUT2D eigenvalue weighted by Gasteiger charge is 2.67. The Morgan fingerprint density at radius 1 is 1.03 bits per heavy atom. The molecular weight excluding hydrogens is 467 g/mol. The third-order valence-corrected chi connectivity index (χ3v) is 7.56. The largest absolute Gasteiger partial charge is 0.465 e. The van der Waals surface area contributed by atoms with Crippen LogP contribution >= 0.6 is 7.67 Å². The van der Waals surface area contributed by atoms with E-state index in [4.69, 9.17) is 18.7 Å². The normalized spacial score (nSPS) is 29.4. The van der Waals surface area contributed by atoms with Crippen molar-refractivity contribution in [2.75, 3.05) is 19.8 Å². The minimum absolute atomic E-state index is 0.0632. The number of carbonyl (C=O) groups is 2. The van der Waals surface area contributed by atoms with E-state index in [0.29, 0.717) is 19.3 Å². The van der Waals surface area contributed by atoms with E-state index < -0.39 is 55.6 Å². The molecule has 0 radical (unpaired) electrons. The molecule has 1 heterocycles. The van der Waals surface area contributed by atoms with E-state index in [9.17, 15) is 24.4 Å². The SMILES string of the molecule is CCOC(=O)C(CC(C)C)NP(=O)(NC(CC(C)C)C(=O)OCC)OC[C@H]1O[C@H]2CC2(O)C1O. The highest BCUT2D eigenvalue weighted by atomic mass is 31.2. The van der Waals surface area contributed by atoms with Crippen molar-refractivity contribution in [3.05, 3.63) is 0 Å². The van der Waals surface area contributed by atoms with Gasteiger partial charge in [0.25, 0.3) is 0 Å². The number of hydrogen-bond acceptors (Lipinski definition) is 9. The summed E-state index contributed by atoms with van der Waals surface area (Å²) in [6.45, 7) is 10.9. The standard InChI is InChI=1S/C22H41N2O9P/c1-7-30-20(26)15(9-13(3)4)23-34(29,24-16(10-14(5)6)21(27)31-8-2)32-12-17-19(25)22(28)11-18(22)33-17/h13-19,25,28H,7-12H2,1-6H3,(H2,23,24,29)/t15?,16?,17-,18+,19?,22?,34?/m1/s1. The predicted octanol–water partition coefficient (Wildman–Crippen LogP) is 1.51. The minimum atomic E-state index is -4.08. The third-order valence-electron chi connectivity index (χ3n) is 5.74. The van der Waals surface area contributed by atoms with E-state index in [1.165, 1.54) is 0 Å². The Kier molecular flexibility index (Phi) is 10.5. The summed E-state index contributed by atoms with van der Waals surface area (Å²) >= 11 is 0. The monoisotopic (exact) mass is 508 g/mol. The van der Waals surface area contributed by atoms with Crippen molar-refractivity contribution >= 4 is 19.6 Å². The summed E-state index contributed by atoms with van der Waals surface area (Å²) < 4.78 is 35.5. The first-order chi connectivity index (χ1) is 15.8. The number of nitrogens with one attached hydrogen (secondary N) is 2. The molecule has 11 nitrogen and oxygen atoms in total. The average Bonchev–Trinajstić information content (AvgIpc) is 3.33. The van der Waals surface area contributed by atoms with Crippen molar-refractivity contribution in [1.29, 1.82) is 0 Å². The molecule has 0 amide bonds. The Hall–Kier alpha value is -1.07. The van der Waals surface area contributed by atoms with Crippen molar-refractivity contribution < 1.29 is 43.1 Å². The third kappa shape index (κ3) is 7.71. The fourth-order valence-electron chi connectivity index (χ4n) is 3.99. The lowest BCUT2D eigenvalue weighted by Gasteiger charge is -2.30. The lowest BCUT2D eigenvalue weighted by atomic mass is 10.1. The number of rotatable bonds is 15. The van der Waals surface area contributed by atoms with Crippen LogP contribution in [0.4, 0.5) is 0 Å². The van der Waals surface area contributed by atoms with E-state index in [0.717, 1.165) is 0 Å². The zero-order valence-corrected chi connectivity index (χ0v) is 21.9. The highest BCUT2D eigenvalue weighted by molar-refractivity contribution is 7.54. The van der Waals surface area contributed by atoms with Crippen molar-refractivity contribution in [3.63, 3.8) is 0 Å². The van der Waals surface area contributed by atoms with Crippen LogP contribution in [0.25, 0.3) is 0 Å². The van der Waals surface area contributed by atoms with Crippen molar-refractivity contribution in [2.45, 2.75) is 96.8 Å². The maximum absolute atomic E-state index is 14.0. The van der Waals surface area contributed by atoms with Crippen LogP contribution in [-0.2, 0) is 32.9 Å². The number of carbonyl (C=O) groups excluding carboxylic acids is 2. The summed E-state index contributed by atoms with van der Waals surface area (Å²) in [6.07, 6.45) is -1.63. The molecule has 4 N–H and O–H groups in total. The summed E-state index contributed by atoms with van der Waals surface area (Å²) in [5.41, 5.74) is -1.31. The second-order valence-corrected chi connectivity index (χ2v) is 11.7. The van der Waals surface area contributed by atoms with Gasteiger partial charge < -0.3 is 28.9 Å². The van der Waals surface area contributed by atoms with Gasteiger partial charge in [0.05, 0.1) is 25.9 Å². The zero-order valence-electron chi connectivity index (χ0n) is 21.0. The molecule has 1 saturated carbocycles. The molecule has 0 spiro atoms. The van der Waals surface area contributed by atoms with Crippen LogP contribution in [0.2, 0.25) is 0 Å². The quantitative estimate of drug-likeness (QED) is 0.188. The molecule has 6 atom stereocenters. The summed E-state index contributed by atoms with van der Waals surface area (Å²) in [6, 6.07) is -1.93. The molecule has 0 bridgehead atoms. The Morgan fingerprint density at radius 3 is 1.85 bits per heavy atom. The van der Waals surface area contributed by atoms with Gasteiger partial charge in [0.1, 0.15) is 29.9 Å². The molecule has 1 aliphatic heterocycles. The summed E-state index contributed by atoms with van der Waals surface area (Å²) in [5.74, 6) is -1.06. The van der Waals surface area contributed by atoms with Crippen LogP contribution in [0, 0.1) is 11.8 Å². The molecular formula is C22H41N2O9P. The van der Waals surface area contributed by atoms with Crippen molar-refractivity contribution in [1.82, 2.24) is 10.2 Å². The second-order valence-electron chi connectivity index (χ2n) is 9.78. The highest BCUT2D eigenvalue weighted by Crippen LogP contribution is 2.51. The molecule has 0 aromatic heterocycles. The number of aliphatic hydroxyl groups is 2. The number of hydrogen-bond donors (Lipinski definition) is 4. The van der Waals surface area contributed by atoms with Gasteiger partial charge in [-0.25, -0.2) is 10.2 Å². The maximum atomic E-state index is 14.0. The molecule has 4 unspecified atom stereocenters. The van der Waals surface area contributed by atoms with E-state index >= 15 is 0 Å². The van der Waals surface area contributed by atoms with Gasteiger partial charge in [-0.2, -0.15) is 0 Å². The van der Waals surface area contributed by atoms with Crippen LogP contribution in [-0.4, -0.2) is 78.0 Å². The zero-order chi connectivity index (χ0) is 25.7. The topological polar surface area (TPSA) is 153 Å². The van der Waals surface area contributed by atoms with Crippen LogP contribution in [0.1, 0.15) is 60.8 Å². The van der Waals surface area contributed by atoms with Gasteiger partial charge in [0, 0.05) is 6.42 Å². The summed E-state index contributed by atoms with van der Waals surface area (Å²) in [7, 11) is -4.08. The Balaban J connectivity index is 2.24. The van der Waals surface area contributed by atoms with E-state index in [1.54, 1.807) is 13.8 Å². The molecule has 34 heavy (non-hydrogen) atoms. The number of fused-ring (bicyclic) bond motifs is 1. The average molecular weight is 509 g/mol. The first-order valence-corrected chi connectivity index (χ1v) is 13.7. The van der Waals surface area contributed by atoms with Gasteiger partial charge in [-0.15, -0.1) is 0 Å². The molecule has 198 valence electrons. The number of esters is 2. The second kappa shape index (κ2) is 12.3. The lowest BCUT2D eigenvalue weighted by molar-refractivity contribution is -0.146. The molecule has 0 aromatic carbocycles. The van der Waals surface area contributed by atoms with E-state index in [2.05, 4.69) is 10.2 Å². The molecule has 0 aromatic rings. The molecule has 2 fully saturated rings. The molecule has 2 aliphatic rings. The number of aliphatic hydroxyl groups excluding tert-OH is 1. The first kappa shape index (κ1) is 29.2. The van der Waals surface area contributed by atoms with Crippen LogP contribution < -0.4 is 10.2 Å². The van der Waals surface area contributed by atoms with Gasteiger partial charge in [-0.05, 0) is 38.5 Å². The first-order valence-electron chi connectivity index (χ1n) is 12.0. The molecule has 1 saturated heterocycles. The number of ether oxygens (including phenoxy) is 3. The minimum Gasteiger partial charge on any atom is -0.465 e. The smallest absolute Gasteiger partial charge is 0.342 e. The van der Waals surface area contributed by atoms with Crippen LogP contribution in [0.15, 0.2) is 0 Å². The Labute approximate surface area is 201 Å². The van der Waals surface area contributed by atoms with Gasteiger partial charge in [0.2, 0.25) is 0 Å². The molecule has 12 heteroatoms. The van der Waals surface area contributed by atoms with Gasteiger partial charge in [-0.1, -0.05) is 27.7 Å². The fraction of sp³-hybridized carbons (Fsp3) is 0.909. The van der Waals surface area contributed by atoms with Gasteiger partial charge in [0.15, 0.2) is 0 Å². The predicted molar refractivity (Wildman–Crippen MR) is 124 cm³/mol. The van der Waals surface area contributed by atoms with Gasteiger partial charge in [-0.3, -0.25) is 14.2 Å². The fourth-order valence-corrected chi connectivity index (χ4v) is 5.81. The van der Waals surface area contributed by atoms with Crippen molar-refractivity contribution in [2.24, 2.45) is 11.8 Å². The lowest BCUT2D eigenvalue weighted by Crippen LogP contribution is -2.46. The summed E-state index contributed by atoms with van der Waals surface area (Å²) in [4.78, 5) is 25.2. The Bertz CT molecular complexity index is 712. The van der Waals surface area contributed by atoms with Crippen molar-refractivity contribution in [3.8, 4) is 0 Å². The van der Waals surface area contributed by atoms with E-state index in [1.807, 2.05) is 27.7 Å². The molecule has 1 aliphatic carbocycles. The van der Waals surface area contributed by atoms with Crippen LogP contribution in [0.3, 0.4) is 0 Å². The van der Waals surface area contributed by atoms with Gasteiger partial charge >= 0.3 is 19.6 Å². The summed E-state index contributed by atoms with van der Waals surface area (Å²) in [5, 5.41) is 26.1. The Morgan fingerprint density at radius 2 is 1.50 bits per heavy atom. The molecule has 2 rings (SSSR count). The van der Waals surface area contributed by atoms with E-state index in [-0.39, 0.29) is 31.7 Å². The maximum Gasteiger partial charge on any atom is 0.342 e.